The van der Waals surface area contributed by atoms with Crippen molar-refractivity contribution in [1.82, 2.24) is 29.7 Å². The Morgan fingerprint density at radius 1 is 1.20 bits per heavy atom. The second-order valence-electron chi connectivity index (χ2n) is 5.99. The molecule has 0 saturated carbocycles. The van der Waals surface area contributed by atoms with Gasteiger partial charge in [-0.3, -0.25) is 4.79 Å². The van der Waals surface area contributed by atoms with Gasteiger partial charge in [-0.2, -0.15) is 9.61 Å². The molecular formula is C16H19N7OS. The number of aryl methyl sites for hydroxylation is 2. The third-order valence-corrected chi connectivity index (χ3v) is 5.31. The Balaban J connectivity index is 1.30. The third kappa shape index (κ3) is 3.32. The SMILES string of the molecule is Cc1nnc2sc(CCC(=O)N3CCN(c4ccccn4)CC3)nn12. The average molecular weight is 357 g/mol. The van der Waals surface area contributed by atoms with E-state index in [2.05, 4.69) is 25.2 Å². The molecule has 1 aliphatic rings. The van der Waals surface area contributed by atoms with Crippen molar-refractivity contribution in [2.24, 2.45) is 0 Å². The van der Waals surface area contributed by atoms with Crippen LogP contribution in [0.2, 0.25) is 0 Å². The summed E-state index contributed by atoms with van der Waals surface area (Å²) >= 11 is 1.50. The number of carbonyl (C=O) groups excluding carboxylic acids is 1. The van der Waals surface area contributed by atoms with Gasteiger partial charge in [-0.05, 0) is 19.1 Å². The number of amides is 1. The Labute approximate surface area is 149 Å². The molecule has 25 heavy (non-hydrogen) atoms. The van der Waals surface area contributed by atoms with Gasteiger partial charge in [0.05, 0.1) is 0 Å². The Bertz CT molecular complexity index is 867. The number of anilines is 1. The number of piperazine rings is 1. The van der Waals surface area contributed by atoms with E-state index in [1.54, 1.807) is 10.7 Å². The fourth-order valence-corrected chi connectivity index (χ4v) is 3.83. The third-order valence-electron chi connectivity index (χ3n) is 4.35. The highest BCUT2D eigenvalue weighted by Gasteiger charge is 2.22. The summed E-state index contributed by atoms with van der Waals surface area (Å²) in [6.45, 7) is 4.98. The minimum atomic E-state index is 0.184. The molecule has 0 aliphatic carbocycles. The van der Waals surface area contributed by atoms with Crippen LogP contribution in [0.5, 0.6) is 0 Å². The Kier molecular flexibility index (Phi) is 4.31. The topological polar surface area (TPSA) is 79.5 Å². The quantitative estimate of drug-likeness (QED) is 0.697. The van der Waals surface area contributed by atoms with Crippen LogP contribution in [0.15, 0.2) is 24.4 Å². The zero-order valence-electron chi connectivity index (χ0n) is 14.0. The highest BCUT2D eigenvalue weighted by molar-refractivity contribution is 7.16. The zero-order chi connectivity index (χ0) is 17.2. The second-order valence-corrected chi connectivity index (χ2v) is 7.03. The summed E-state index contributed by atoms with van der Waals surface area (Å²) in [7, 11) is 0. The van der Waals surface area contributed by atoms with Crippen LogP contribution in [0.4, 0.5) is 5.82 Å². The van der Waals surface area contributed by atoms with Crippen LogP contribution < -0.4 is 4.90 Å². The first-order valence-electron chi connectivity index (χ1n) is 8.32. The molecule has 8 nitrogen and oxygen atoms in total. The van der Waals surface area contributed by atoms with Crippen LogP contribution in [0.3, 0.4) is 0 Å². The van der Waals surface area contributed by atoms with Crippen LogP contribution in [-0.2, 0) is 11.2 Å². The molecule has 9 heteroatoms. The fraction of sp³-hybridized carbons (Fsp3) is 0.438. The van der Waals surface area contributed by atoms with Gasteiger partial charge >= 0.3 is 0 Å². The molecule has 0 N–H and O–H groups in total. The van der Waals surface area contributed by atoms with Crippen molar-refractivity contribution in [3.63, 3.8) is 0 Å². The summed E-state index contributed by atoms with van der Waals surface area (Å²) in [5, 5.41) is 13.4. The number of hydrogen-bond acceptors (Lipinski definition) is 7. The number of hydrogen-bond donors (Lipinski definition) is 0. The average Bonchev–Trinajstić information content (AvgIpc) is 3.22. The fourth-order valence-electron chi connectivity index (χ4n) is 2.95. The van der Waals surface area contributed by atoms with E-state index in [1.165, 1.54) is 11.3 Å². The molecule has 0 unspecified atom stereocenters. The van der Waals surface area contributed by atoms with Gasteiger partial charge in [0.2, 0.25) is 10.9 Å². The summed E-state index contributed by atoms with van der Waals surface area (Å²) in [5.74, 6) is 1.93. The first kappa shape index (κ1) is 15.9. The van der Waals surface area contributed by atoms with E-state index in [0.717, 1.165) is 47.8 Å². The maximum atomic E-state index is 12.5. The predicted octanol–water partition coefficient (Wildman–Crippen LogP) is 1.17. The van der Waals surface area contributed by atoms with E-state index in [0.29, 0.717) is 12.8 Å². The summed E-state index contributed by atoms with van der Waals surface area (Å²) in [6.07, 6.45) is 2.93. The summed E-state index contributed by atoms with van der Waals surface area (Å²) < 4.78 is 1.73. The van der Waals surface area contributed by atoms with Gasteiger partial charge in [-0.25, -0.2) is 4.98 Å². The van der Waals surface area contributed by atoms with E-state index >= 15 is 0 Å². The normalized spacial score (nSPS) is 15.1. The van der Waals surface area contributed by atoms with E-state index in [1.807, 2.05) is 30.0 Å². The van der Waals surface area contributed by atoms with E-state index in [4.69, 9.17) is 0 Å². The van der Waals surface area contributed by atoms with Crippen molar-refractivity contribution < 1.29 is 4.79 Å². The lowest BCUT2D eigenvalue weighted by Crippen LogP contribution is -2.49. The molecule has 3 aromatic heterocycles. The molecule has 4 rings (SSSR count). The lowest BCUT2D eigenvalue weighted by atomic mass is 10.2. The molecule has 0 aromatic carbocycles. The van der Waals surface area contributed by atoms with Crippen molar-refractivity contribution >= 4 is 28.0 Å². The first-order valence-corrected chi connectivity index (χ1v) is 9.14. The molecule has 0 bridgehead atoms. The van der Waals surface area contributed by atoms with Gasteiger partial charge in [0.1, 0.15) is 10.8 Å². The highest BCUT2D eigenvalue weighted by Crippen LogP contribution is 2.17. The molecule has 1 amide bonds. The molecular weight excluding hydrogens is 338 g/mol. The lowest BCUT2D eigenvalue weighted by Gasteiger charge is -2.35. The maximum absolute atomic E-state index is 12.5. The van der Waals surface area contributed by atoms with Crippen LogP contribution in [0, 0.1) is 6.92 Å². The number of pyridine rings is 1. The zero-order valence-corrected chi connectivity index (χ0v) is 14.8. The van der Waals surface area contributed by atoms with E-state index < -0.39 is 0 Å². The van der Waals surface area contributed by atoms with Crippen LogP contribution in [-0.4, -0.2) is 61.8 Å². The molecule has 1 fully saturated rings. The van der Waals surface area contributed by atoms with Crippen molar-refractivity contribution in [1.29, 1.82) is 0 Å². The van der Waals surface area contributed by atoms with E-state index in [-0.39, 0.29) is 5.91 Å². The number of nitrogens with zero attached hydrogens (tertiary/aromatic N) is 7. The van der Waals surface area contributed by atoms with Crippen LogP contribution >= 0.6 is 11.3 Å². The molecule has 0 spiro atoms. The standard InChI is InChI=1S/C16H19N7OS/c1-12-18-19-16-23(12)20-14(25-16)5-6-15(24)22-10-8-21(9-11-22)13-4-2-3-7-17-13/h2-4,7H,5-6,8-11H2,1H3. The van der Waals surface area contributed by atoms with Crippen molar-refractivity contribution in [3.05, 3.63) is 35.2 Å². The van der Waals surface area contributed by atoms with Crippen molar-refractivity contribution in [2.45, 2.75) is 19.8 Å². The minimum absolute atomic E-state index is 0.184. The van der Waals surface area contributed by atoms with Gasteiger partial charge in [0.15, 0.2) is 5.82 Å². The molecule has 0 radical (unpaired) electrons. The summed E-state index contributed by atoms with van der Waals surface area (Å²) in [6, 6.07) is 5.91. The first-order chi connectivity index (χ1) is 12.2. The Hall–Kier alpha value is -2.55. The van der Waals surface area contributed by atoms with Gasteiger partial charge in [0, 0.05) is 45.2 Å². The highest BCUT2D eigenvalue weighted by atomic mass is 32.1. The second kappa shape index (κ2) is 6.75. The van der Waals surface area contributed by atoms with Crippen molar-refractivity contribution in [2.75, 3.05) is 31.1 Å². The maximum Gasteiger partial charge on any atom is 0.234 e. The number of fused-ring (bicyclic) bond motifs is 1. The van der Waals surface area contributed by atoms with Crippen molar-refractivity contribution in [3.8, 4) is 0 Å². The molecule has 3 aromatic rings. The summed E-state index contributed by atoms with van der Waals surface area (Å²) in [4.78, 5) is 21.8. The van der Waals surface area contributed by atoms with Gasteiger partial charge < -0.3 is 9.80 Å². The summed E-state index contributed by atoms with van der Waals surface area (Å²) in [5.41, 5.74) is 0. The molecule has 1 saturated heterocycles. The van der Waals surface area contributed by atoms with Crippen LogP contribution in [0.25, 0.3) is 4.96 Å². The number of aromatic nitrogens is 5. The Morgan fingerprint density at radius 2 is 2.04 bits per heavy atom. The monoisotopic (exact) mass is 357 g/mol. The van der Waals surface area contributed by atoms with Gasteiger partial charge in [-0.1, -0.05) is 17.4 Å². The number of rotatable bonds is 4. The predicted molar refractivity (Wildman–Crippen MR) is 94.7 cm³/mol. The minimum Gasteiger partial charge on any atom is -0.353 e. The largest absolute Gasteiger partial charge is 0.353 e. The molecule has 4 heterocycles. The van der Waals surface area contributed by atoms with Crippen LogP contribution in [0.1, 0.15) is 17.3 Å². The molecule has 130 valence electrons. The number of carbonyl (C=O) groups is 1. The smallest absolute Gasteiger partial charge is 0.234 e. The molecule has 0 atom stereocenters. The molecule has 1 aliphatic heterocycles. The van der Waals surface area contributed by atoms with E-state index in [9.17, 15) is 4.79 Å². The lowest BCUT2D eigenvalue weighted by molar-refractivity contribution is -0.131. The Morgan fingerprint density at radius 3 is 2.76 bits per heavy atom. The van der Waals surface area contributed by atoms with Gasteiger partial charge in [0.25, 0.3) is 0 Å². The van der Waals surface area contributed by atoms with Gasteiger partial charge in [-0.15, -0.1) is 10.2 Å².